The summed E-state index contributed by atoms with van der Waals surface area (Å²) in [7, 11) is 0. The summed E-state index contributed by atoms with van der Waals surface area (Å²) in [6.45, 7) is 6.66. The molecule has 0 radical (unpaired) electrons. The monoisotopic (exact) mass is 257 g/mol. The van der Waals surface area contributed by atoms with Gasteiger partial charge >= 0.3 is 0 Å². The zero-order valence-electron chi connectivity index (χ0n) is 11.8. The number of H-pyrrole nitrogens is 1. The summed E-state index contributed by atoms with van der Waals surface area (Å²) < 4.78 is 0. The molecule has 19 heavy (non-hydrogen) atoms. The number of nitrogens with one attached hydrogen (secondary N) is 1. The van der Waals surface area contributed by atoms with Crippen molar-refractivity contribution in [1.29, 1.82) is 0 Å². The van der Waals surface area contributed by atoms with Gasteiger partial charge in [0.05, 0.1) is 0 Å². The second kappa shape index (κ2) is 4.66. The van der Waals surface area contributed by atoms with Crippen molar-refractivity contribution in [2.75, 3.05) is 6.54 Å². The SMILES string of the molecule is CC1(C)C(N)CCCN1Cc1c[nH]c2ccccc12. The number of aromatic amines is 1. The van der Waals surface area contributed by atoms with Crippen LogP contribution >= 0.6 is 0 Å². The van der Waals surface area contributed by atoms with Crippen LogP contribution in [0.1, 0.15) is 32.3 Å². The minimum Gasteiger partial charge on any atom is -0.361 e. The Morgan fingerprint density at radius 2 is 2.16 bits per heavy atom. The first-order chi connectivity index (χ1) is 9.09. The lowest BCUT2D eigenvalue weighted by atomic mass is 9.85. The zero-order chi connectivity index (χ0) is 13.5. The van der Waals surface area contributed by atoms with E-state index in [4.69, 9.17) is 5.73 Å². The molecule has 1 aromatic heterocycles. The molecule has 2 aromatic rings. The number of nitrogens with zero attached hydrogens (tertiary/aromatic N) is 1. The molecule has 0 saturated carbocycles. The van der Waals surface area contributed by atoms with Gasteiger partial charge in [0.25, 0.3) is 0 Å². The van der Waals surface area contributed by atoms with Gasteiger partial charge in [-0.15, -0.1) is 0 Å². The van der Waals surface area contributed by atoms with Crippen molar-refractivity contribution in [3.05, 3.63) is 36.0 Å². The van der Waals surface area contributed by atoms with Crippen LogP contribution in [0.4, 0.5) is 0 Å². The quantitative estimate of drug-likeness (QED) is 0.869. The predicted octanol–water partition coefficient (Wildman–Crippen LogP) is 2.87. The summed E-state index contributed by atoms with van der Waals surface area (Å²) >= 11 is 0. The van der Waals surface area contributed by atoms with Gasteiger partial charge in [-0.1, -0.05) is 18.2 Å². The lowest BCUT2D eigenvalue weighted by Gasteiger charge is -2.46. The van der Waals surface area contributed by atoms with E-state index in [0.29, 0.717) is 0 Å². The van der Waals surface area contributed by atoms with Crippen LogP contribution in [0.5, 0.6) is 0 Å². The molecule has 0 amide bonds. The van der Waals surface area contributed by atoms with E-state index >= 15 is 0 Å². The predicted molar refractivity (Wildman–Crippen MR) is 80.0 cm³/mol. The molecule has 0 bridgehead atoms. The normalized spacial score (nSPS) is 23.8. The Kier molecular flexibility index (Phi) is 3.11. The van der Waals surface area contributed by atoms with Crippen LogP contribution in [0.25, 0.3) is 10.9 Å². The highest BCUT2D eigenvalue weighted by Gasteiger charge is 2.36. The van der Waals surface area contributed by atoms with Crippen LogP contribution in [-0.4, -0.2) is 28.0 Å². The number of likely N-dealkylation sites (tertiary alicyclic amines) is 1. The number of para-hydroxylation sites is 1. The average molecular weight is 257 g/mol. The van der Waals surface area contributed by atoms with Gasteiger partial charge in [-0.25, -0.2) is 0 Å². The molecule has 1 aliphatic rings. The van der Waals surface area contributed by atoms with Crippen molar-refractivity contribution in [2.45, 2.75) is 44.8 Å². The second-order valence-corrected chi connectivity index (χ2v) is 6.18. The number of aromatic nitrogens is 1. The van der Waals surface area contributed by atoms with Crippen molar-refractivity contribution < 1.29 is 0 Å². The standard InChI is InChI=1S/C16H23N3/c1-16(2)15(17)8-5-9-19(16)11-12-10-18-14-7-4-3-6-13(12)14/h3-4,6-7,10,15,18H,5,8-9,11,17H2,1-2H3. The molecule has 3 N–H and O–H groups in total. The molecule has 1 saturated heterocycles. The van der Waals surface area contributed by atoms with Crippen LogP contribution in [0, 0.1) is 0 Å². The maximum Gasteiger partial charge on any atom is 0.0457 e. The lowest BCUT2D eigenvalue weighted by Crippen LogP contribution is -2.59. The number of piperidine rings is 1. The first-order valence-corrected chi connectivity index (χ1v) is 7.14. The third kappa shape index (κ3) is 2.17. The maximum atomic E-state index is 6.30. The first kappa shape index (κ1) is 12.7. The molecule has 1 unspecified atom stereocenters. The van der Waals surface area contributed by atoms with Crippen molar-refractivity contribution >= 4 is 10.9 Å². The largest absolute Gasteiger partial charge is 0.361 e. The van der Waals surface area contributed by atoms with Crippen molar-refractivity contribution in [2.24, 2.45) is 5.73 Å². The Bertz CT molecular complexity index is 570. The number of hydrogen-bond acceptors (Lipinski definition) is 2. The van der Waals surface area contributed by atoms with Gasteiger partial charge < -0.3 is 10.7 Å². The molecule has 1 fully saturated rings. The Morgan fingerprint density at radius 3 is 3.00 bits per heavy atom. The Balaban J connectivity index is 1.88. The fraction of sp³-hybridized carbons (Fsp3) is 0.500. The summed E-state index contributed by atoms with van der Waals surface area (Å²) in [5.41, 5.74) is 8.97. The first-order valence-electron chi connectivity index (χ1n) is 7.14. The minimum absolute atomic E-state index is 0.0800. The summed E-state index contributed by atoms with van der Waals surface area (Å²) in [4.78, 5) is 5.88. The van der Waals surface area contributed by atoms with E-state index < -0.39 is 0 Å². The van der Waals surface area contributed by atoms with Gasteiger partial charge in [-0.2, -0.15) is 0 Å². The van der Waals surface area contributed by atoms with E-state index in [0.717, 1.165) is 19.5 Å². The summed E-state index contributed by atoms with van der Waals surface area (Å²) in [6.07, 6.45) is 4.48. The molecule has 1 aliphatic heterocycles. The molecule has 3 nitrogen and oxygen atoms in total. The van der Waals surface area contributed by atoms with Crippen molar-refractivity contribution in [3.8, 4) is 0 Å². The van der Waals surface area contributed by atoms with E-state index in [-0.39, 0.29) is 11.6 Å². The molecular formula is C16H23N3. The smallest absolute Gasteiger partial charge is 0.0457 e. The van der Waals surface area contributed by atoms with E-state index in [2.05, 4.69) is 54.2 Å². The van der Waals surface area contributed by atoms with E-state index in [1.54, 1.807) is 0 Å². The number of nitrogens with two attached hydrogens (primary N) is 1. The number of fused-ring (bicyclic) bond motifs is 1. The van der Waals surface area contributed by atoms with Gasteiger partial charge in [0.15, 0.2) is 0 Å². The highest BCUT2D eigenvalue weighted by atomic mass is 15.2. The molecule has 0 spiro atoms. The molecule has 2 heterocycles. The summed E-state index contributed by atoms with van der Waals surface area (Å²) in [6, 6.07) is 8.77. The van der Waals surface area contributed by atoms with Gasteiger partial charge in [0.2, 0.25) is 0 Å². The molecule has 1 atom stereocenters. The summed E-state index contributed by atoms with van der Waals surface area (Å²) in [5.74, 6) is 0. The highest BCUT2D eigenvalue weighted by Crippen LogP contribution is 2.29. The average Bonchev–Trinajstić information content (AvgIpc) is 2.79. The molecule has 0 aliphatic carbocycles. The Labute approximate surface area is 114 Å². The van der Waals surface area contributed by atoms with Gasteiger partial charge in [0.1, 0.15) is 0 Å². The van der Waals surface area contributed by atoms with E-state index in [1.807, 2.05) is 0 Å². The minimum atomic E-state index is 0.0800. The molecule has 1 aromatic carbocycles. The van der Waals surface area contributed by atoms with Crippen LogP contribution in [0.3, 0.4) is 0 Å². The lowest BCUT2D eigenvalue weighted by molar-refractivity contribution is 0.0505. The maximum absolute atomic E-state index is 6.30. The molecule has 102 valence electrons. The molecule has 3 heteroatoms. The third-order valence-electron chi connectivity index (χ3n) is 4.70. The van der Waals surface area contributed by atoms with Gasteiger partial charge in [-0.3, -0.25) is 4.90 Å². The van der Waals surface area contributed by atoms with Gasteiger partial charge in [0, 0.05) is 35.2 Å². The fourth-order valence-corrected chi connectivity index (χ4v) is 3.13. The highest BCUT2D eigenvalue weighted by molar-refractivity contribution is 5.82. The Hall–Kier alpha value is -1.32. The second-order valence-electron chi connectivity index (χ2n) is 6.18. The zero-order valence-corrected chi connectivity index (χ0v) is 11.8. The fourth-order valence-electron chi connectivity index (χ4n) is 3.13. The number of benzene rings is 1. The van der Waals surface area contributed by atoms with Crippen LogP contribution in [0.2, 0.25) is 0 Å². The summed E-state index contributed by atoms with van der Waals surface area (Å²) in [5, 5.41) is 1.33. The van der Waals surface area contributed by atoms with Crippen molar-refractivity contribution in [1.82, 2.24) is 9.88 Å². The number of rotatable bonds is 2. The van der Waals surface area contributed by atoms with Crippen molar-refractivity contribution in [3.63, 3.8) is 0 Å². The van der Waals surface area contributed by atoms with E-state index in [9.17, 15) is 0 Å². The topological polar surface area (TPSA) is 45.0 Å². The van der Waals surface area contributed by atoms with Crippen LogP contribution in [0.15, 0.2) is 30.5 Å². The number of hydrogen-bond donors (Lipinski definition) is 2. The molecule has 3 rings (SSSR count). The third-order valence-corrected chi connectivity index (χ3v) is 4.70. The van der Waals surface area contributed by atoms with E-state index in [1.165, 1.54) is 22.9 Å². The Morgan fingerprint density at radius 1 is 1.37 bits per heavy atom. The van der Waals surface area contributed by atoms with Crippen LogP contribution in [-0.2, 0) is 6.54 Å². The van der Waals surface area contributed by atoms with Gasteiger partial charge in [-0.05, 0) is 44.9 Å². The molecular weight excluding hydrogens is 234 g/mol. The van der Waals surface area contributed by atoms with Crippen LogP contribution < -0.4 is 5.73 Å².